The summed E-state index contributed by atoms with van der Waals surface area (Å²) < 4.78 is 42.9. The second kappa shape index (κ2) is 8.03. The second-order valence-electron chi connectivity index (χ2n) is 7.15. The number of alkyl halides is 3. The Morgan fingerprint density at radius 2 is 1.62 bits per heavy atom. The predicted molar refractivity (Wildman–Crippen MR) is 113 cm³/mol. The molecule has 32 heavy (non-hydrogen) atoms. The maximum atomic E-state index is 13.4. The minimum Gasteiger partial charge on any atom is -0.423 e. The molecule has 0 fully saturated rings. The van der Waals surface area contributed by atoms with Gasteiger partial charge in [-0.3, -0.25) is 9.13 Å². The molecule has 6 nitrogen and oxygen atoms in total. The lowest BCUT2D eigenvalue weighted by Gasteiger charge is -2.11. The number of halogens is 3. The highest BCUT2D eigenvalue weighted by molar-refractivity contribution is 6.58. The van der Waals surface area contributed by atoms with Crippen LogP contribution >= 0.6 is 0 Å². The molecule has 0 aliphatic heterocycles. The smallest absolute Gasteiger partial charge is 0.423 e. The SMILES string of the molecule is N#Cc1ccc(-n2c(=O)n(Cc3ccc(B(O)O)cc3)c3ccccc32)cc1C(F)(F)F. The van der Waals surface area contributed by atoms with Gasteiger partial charge in [-0.1, -0.05) is 36.4 Å². The van der Waals surface area contributed by atoms with E-state index in [0.717, 1.165) is 12.1 Å². The van der Waals surface area contributed by atoms with Crippen LogP contribution in [0.4, 0.5) is 13.2 Å². The van der Waals surface area contributed by atoms with Gasteiger partial charge in [-0.2, -0.15) is 18.4 Å². The molecule has 0 saturated heterocycles. The van der Waals surface area contributed by atoms with Gasteiger partial charge < -0.3 is 10.0 Å². The molecule has 2 N–H and O–H groups in total. The Kier molecular flexibility index (Phi) is 5.38. The van der Waals surface area contributed by atoms with Crippen LogP contribution in [0.2, 0.25) is 0 Å². The Hall–Kier alpha value is -3.81. The number of hydrogen-bond acceptors (Lipinski definition) is 4. The minimum absolute atomic E-state index is 0.00461. The fourth-order valence-corrected chi connectivity index (χ4v) is 3.59. The molecule has 0 unspecified atom stereocenters. The lowest BCUT2D eigenvalue weighted by atomic mass is 9.80. The largest absolute Gasteiger partial charge is 0.488 e. The van der Waals surface area contributed by atoms with Gasteiger partial charge in [0.05, 0.1) is 40.5 Å². The van der Waals surface area contributed by atoms with Gasteiger partial charge >= 0.3 is 19.0 Å². The average molecular weight is 437 g/mol. The van der Waals surface area contributed by atoms with Crippen LogP contribution in [0.5, 0.6) is 0 Å². The molecule has 0 atom stereocenters. The minimum atomic E-state index is -4.75. The van der Waals surface area contributed by atoms with Crippen molar-refractivity contribution < 1.29 is 23.2 Å². The van der Waals surface area contributed by atoms with Crippen LogP contribution in [-0.2, 0) is 12.7 Å². The summed E-state index contributed by atoms with van der Waals surface area (Å²) in [6.07, 6.45) is -4.75. The van der Waals surface area contributed by atoms with E-state index >= 15 is 0 Å². The van der Waals surface area contributed by atoms with Crippen molar-refractivity contribution in [1.29, 1.82) is 5.26 Å². The van der Waals surface area contributed by atoms with Gasteiger partial charge in [0, 0.05) is 0 Å². The molecule has 0 aliphatic carbocycles. The molecule has 0 spiro atoms. The zero-order valence-electron chi connectivity index (χ0n) is 16.4. The fraction of sp³-hybridized carbons (Fsp3) is 0.0909. The van der Waals surface area contributed by atoms with Crippen LogP contribution in [0.25, 0.3) is 16.7 Å². The van der Waals surface area contributed by atoms with Gasteiger partial charge in [-0.05, 0) is 41.4 Å². The Labute approximate surface area is 180 Å². The van der Waals surface area contributed by atoms with Crippen molar-refractivity contribution in [2.45, 2.75) is 12.7 Å². The van der Waals surface area contributed by atoms with Crippen LogP contribution in [0.1, 0.15) is 16.7 Å². The first kappa shape index (κ1) is 21.4. The normalized spacial score (nSPS) is 11.5. The summed E-state index contributed by atoms with van der Waals surface area (Å²) in [4.78, 5) is 13.3. The maximum Gasteiger partial charge on any atom is 0.488 e. The van der Waals surface area contributed by atoms with Crippen molar-refractivity contribution in [2.75, 3.05) is 0 Å². The summed E-state index contributed by atoms with van der Waals surface area (Å²) in [7, 11) is -1.62. The number of nitrogens with zero attached hydrogens (tertiary/aromatic N) is 3. The third-order valence-corrected chi connectivity index (χ3v) is 5.14. The lowest BCUT2D eigenvalue weighted by molar-refractivity contribution is -0.137. The molecule has 0 bridgehead atoms. The van der Waals surface area contributed by atoms with Crippen molar-refractivity contribution in [3.63, 3.8) is 0 Å². The summed E-state index contributed by atoms with van der Waals surface area (Å²) in [6.45, 7) is 0.122. The van der Waals surface area contributed by atoms with Crippen molar-refractivity contribution in [2.24, 2.45) is 0 Å². The quantitative estimate of drug-likeness (QED) is 0.480. The highest BCUT2D eigenvalue weighted by Gasteiger charge is 2.34. The van der Waals surface area contributed by atoms with Gasteiger partial charge in [0.1, 0.15) is 0 Å². The number of aromatic nitrogens is 2. The summed E-state index contributed by atoms with van der Waals surface area (Å²) in [6, 6.07) is 17.7. The Morgan fingerprint density at radius 1 is 0.969 bits per heavy atom. The van der Waals surface area contributed by atoms with E-state index in [9.17, 15) is 28.0 Å². The van der Waals surface area contributed by atoms with Crippen LogP contribution in [-0.4, -0.2) is 26.3 Å². The Bertz CT molecular complexity index is 1400. The van der Waals surface area contributed by atoms with Gasteiger partial charge in [-0.15, -0.1) is 0 Å². The van der Waals surface area contributed by atoms with Gasteiger partial charge in [0.15, 0.2) is 0 Å². The van der Waals surface area contributed by atoms with Gasteiger partial charge in [-0.25, -0.2) is 4.79 Å². The van der Waals surface area contributed by atoms with Crippen molar-refractivity contribution >= 4 is 23.6 Å². The number of rotatable bonds is 4. The zero-order valence-corrected chi connectivity index (χ0v) is 16.4. The standard InChI is InChI=1S/C22H15BF3N3O3/c24-22(25,26)18-11-17(10-7-15(18)12-27)29-20-4-2-1-3-19(20)28(21(29)30)13-14-5-8-16(9-6-14)23(31)32/h1-11,31-32H,13H2. The summed E-state index contributed by atoms with van der Waals surface area (Å²) in [5.74, 6) is 0. The van der Waals surface area contributed by atoms with E-state index in [-0.39, 0.29) is 12.2 Å². The van der Waals surface area contributed by atoms with Gasteiger partial charge in [0.25, 0.3) is 0 Å². The molecule has 160 valence electrons. The Balaban J connectivity index is 1.87. The van der Waals surface area contributed by atoms with E-state index in [2.05, 4.69) is 0 Å². The second-order valence-corrected chi connectivity index (χ2v) is 7.15. The van der Waals surface area contributed by atoms with Crippen molar-refractivity contribution in [3.05, 3.63) is 93.9 Å². The highest BCUT2D eigenvalue weighted by atomic mass is 19.4. The summed E-state index contributed by atoms with van der Waals surface area (Å²) in [5, 5.41) is 27.5. The number of fused-ring (bicyclic) bond motifs is 1. The first-order chi connectivity index (χ1) is 15.2. The molecular weight excluding hydrogens is 422 g/mol. The van der Waals surface area contributed by atoms with E-state index in [4.69, 9.17) is 5.26 Å². The van der Waals surface area contributed by atoms with E-state index in [1.54, 1.807) is 36.4 Å². The lowest BCUT2D eigenvalue weighted by Crippen LogP contribution is -2.29. The van der Waals surface area contributed by atoms with Gasteiger partial charge in [0.2, 0.25) is 0 Å². The Morgan fingerprint density at radius 3 is 2.22 bits per heavy atom. The molecule has 0 saturated carbocycles. The number of hydrogen-bond donors (Lipinski definition) is 2. The third-order valence-electron chi connectivity index (χ3n) is 5.14. The number of nitriles is 1. The fourth-order valence-electron chi connectivity index (χ4n) is 3.59. The molecule has 0 amide bonds. The summed E-state index contributed by atoms with van der Waals surface area (Å²) in [5.41, 5.74) is -0.274. The number of imidazole rings is 1. The molecular formula is C22H15BF3N3O3. The van der Waals surface area contributed by atoms with Crippen LogP contribution < -0.4 is 11.2 Å². The maximum absolute atomic E-state index is 13.4. The molecule has 1 aromatic heterocycles. The molecule has 4 rings (SSSR count). The number of benzene rings is 3. The molecule has 10 heteroatoms. The average Bonchev–Trinajstić information content (AvgIpc) is 3.04. The monoisotopic (exact) mass is 437 g/mol. The zero-order chi connectivity index (χ0) is 23.0. The first-order valence-electron chi connectivity index (χ1n) is 9.47. The van der Waals surface area contributed by atoms with E-state index in [1.165, 1.54) is 33.4 Å². The van der Waals surface area contributed by atoms with Crippen molar-refractivity contribution in [1.82, 2.24) is 9.13 Å². The molecule has 0 radical (unpaired) electrons. The summed E-state index contributed by atoms with van der Waals surface area (Å²) >= 11 is 0. The topological polar surface area (TPSA) is 91.2 Å². The molecule has 3 aromatic carbocycles. The molecule has 4 aromatic rings. The highest BCUT2D eigenvalue weighted by Crippen LogP contribution is 2.33. The van der Waals surface area contributed by atoms with E-state index < -0.39 is 30.1 Å². The predicted octanol–water partition coefficient (Wildman–Crippen LogP) is 2.41. The van der Waals surface area contributed by atoms with Crippen LogP contribution in [0.15, 0.2) is 71.5 Å². The first-order valence-corrected chi connectivity index (χ1v) is 9.47. The van der Waals surface area contributed by atoms with E-state index in [1.807, 2.05) is 0 Å². The van der Waals surface area contributed by atoms with E-state index in [0.29, 0.717) is 22.1 Å². The van der Waals surface area contributed by atoms with Crippen LogP contribution in [0, 0.1) is 11.3 Å². The van der Waals surface area contributed by atoms with Crippen LogP contribution in [0.3, 0.4) is 0 Å². The number of para-hydroxylation sites is 2. The molecule has 0 aliphatic rings. The third kappa shape index (κ3) is 3.79. The molecule has 1 heterocycles. The van der Waals surface area contributed by atoms with Crippen molar-refractivity contribution in [3.8, 4) is 11.8 Å².